The number of rotatable bonds is 8. The lowest BCUT2D eigenvalue weighted by molar-refractivity contribution is -0.128. The van der Waals surface area contributed by atoms with Crippen molar-refractivity contribution in [1.29, 1.82) is 0 Å². The molecule has 1 aliphatic rings. The number of alkyl halides is 4. The van der Waals surface area contributed by atoms with E-state index in [-0.39, 0.29) is 52.1 Å². The van der Waals surface area contributed by atoms with Crippen molar-refractivity contribution in [1.82, 2.24) is 14.3 Å². The van der Waals surface area contributed by atoms with Crippen LogP contribution in [0.1, 0.15) is 17.8 Å². The Balaban J connectivity index is 1.72. The minimum Gasteiger partial charge on any atom is -0.495 e. The lowest BCUT2D eigenvalue weighted by Gasteiger charge is -2.33. The lowest BCUT2D eigenvalue weighted by Crippen LogP contribution is -2.46. The summed E-state index contributed by atoms with van der Waals surface area (Å²) in [6.07, 6.45) is 0.608. The molecule has 2 atom stereocenters. The van der Waals surface area contributed by atoms with Crippen LogP contribution in [0.3, 0.4) is 0 Å². The molecule has 0 radical (unpaired) electrons. The summed E-state index contributed by atoms with van der Waals surface area (Å²) in [5.74, 6) is 6.72. The summed E-state index contributed by atoms with van der Waals surface area (Å²) < 4.78 is 86.2. The first-order chi connectivity index (χ1) is 20.7. The molecule has 0 bridgehead atoms. The van der Waals surface area contributed by atoms with Gasteiger partial charge >= 0.3 is 6.18 Å². The van der Waals surface area contributed by atoms with Crippen molar-refractivity contribution in [2.45, 2.75) is 36.1 Å². The average Bonchev–Trinajstić information content (AvgIpc) is 3.27. The summed E-state index contributed by atoms with van der Waals surface area (Å²) in [6, 6.07) is 4.99. The summed E-state index contributed by atoms with van der Waals surface area (Å²) in [5.41, 5.74) is 0.283. The highest BCUT2D eigenvalue weighted by Gasteiger charge is 2.33. The number of carbonyl (C=O) groups is 1. The molecule has 0 spiro atoms. The third-order valence-corrected chi connectivity index (χ3v) is 7.95. The molecule has 3 aromatic rings. The number of likely N-dealkylation sites (tertiary alicyclic amines) is 1. The standard InChI is InChI=1S/C29H30F4N6O4S/c1-5-27(40)35-18-13-24(36-21-10-12-38(2)17-20(21)30)28-37-22(25(39(28)16-18)15-29(31,32)33)7-6-11-34-23-9-8-19(44(4,41)42)14-26(23)43-3/h1,8-9,13-14,16,20-21,34,36H,10-12,15,17H2,2-4H3,(H,35,40)/t20-,21+/m0/s1. The molecule has 10 nitrogen and oxygen atoms in total. The molecule has 15 heteroatoms. The number of imidazole rings is 1. The Morgan fingerprint density at radius 2 is 2.00 bits per heavy atom. The number of hydrogen-bond donors (Lipinski definition) is 3. The number of anilines is 3. The zero-order valence-electron chi connectivity index (χ0n) is 24.0. The highest BCUT2D eigenvalue weighted by Crippen LogP contribution is 2.31. The van der Waals surface area contributed by atoms with Gasteiger partial charge in [0, 0.05) is 31.6 Å². The first kappa shape index (κ1) is 32.4. The van der Waals surface area contributed by atoms with E-state index < -0.39 is 40.6 Å². The molecular formula is C29H30F4N6O4S. The van der Waals surface area contributed by atoms with E-state index >= 15 is 0 Å². The van der Waals surface area contributed by atoms with Crippen molar-refractivity contribution < 1.29 is 35.5 Å². The van der Waals surface area contributed by atoms with Crippen LogP contribution in [-0.2, 0) is 21.1 Å². The van der Waals surface area contributed by atoms with Gasteiger partial charge in [0.2, 0.25) is 0 Å². The van der Waals surface area contributed by atoms with Gasteiger partial charge in [-0.05, 0) is 43.5 Å². The molecule has 0 aliphatic carbocycles. The smallest absolute Gasteiger partial charge is 0.394 e. The number of fused-ring (bicyclic) bond motifs is 1. The SMILES string of the molecule is C#CC(=O)Nc1cc(N[C@@H]2CCN(C)C[C@@H]2F)c2nc(C#CCNc3ccc(S(C)(=O)=O)cc3OC)c(CC(F)(F)F)n2c1. The summed E-state index contributed by atoms with van der Waals surface area (Å²) in [7, 11) is -0.326. The predicted molar refractivity (Wildman–Crippen MR) is 158 cm³/mol. The lowest BCUT2D eigenvalue weighted by atomic mass is 10.0. The third-order valence-electron chi connectivity index (χ3n) is 6.84. The second-order valence-corrected chi connectivity index (χ2v) is 12.3. The van der Waals surface area contributed by atoms with Crippen molar-refractivity contribution in [3.05, 3.63) is 41.9 Å². The Kier molecular flexibility index (Phi) is 9.61. The molecule has 0 saturated carbocycles. The number of aromatic nitrogens is 2. The van der Waals surface area contributed by atoms with Crippen molar-refractivity contribution >= 4 is 38.5 Å². The molecule has 44 heavy (non-hydrogen) atoms. The largest absolute Gasteiger partial charge is 0.495 e. The van der Waals surface area contributed by atoms with E-state index in [1.54, 1.807) is 7.05 Å². The Labute approximate surface area is 252 Å². The number of sulfone groups is 1. The Morgan fingerprint density at radius 1 is 1.25 bits per heavy atom. The number of benzene rings is 1. The van der Waals surface area contributed by atoms with E-state index in [4.69, 9.17) is 11.2 Å². The third kappa shape index (κ3) is 7.92. The van der Waals surface area contributed by atoms with Gasteiger partial charge in [-0.3, -0.25) is 9.20 Å². The molecule has 2 aromatic heterocycles. The van der Waals surface area contributed by atoms with Crippen molar-refractivity contribution in [3.63, 3.8) is 0 Å². The molecule has 1 fully saturated rings. The summed E-state index contributed by atoms with van der Waals surface area (Å²) in [4.78, 5) is 18.2. The molecule has 3 heterocycles. The molecule has 1 saturated heterocycles. The second kappa shape index (κ2) is 13.0. The van der Waals surface area contributed by atoms with Crippen LogP contribution in [0.5, 0.6) is 5.75 Å². The van der Waals surface area contributed by atoms with Crippen LogP contribution < -0.4 is 20.7 Å². The van der Waals surface area contributed by atoms with Gasteiger partial charge in [0.25, 0.3) is 5.91 Å². The maximum Gasteiger partial charge on any atom is 0.394 e. The van der Waals surface area contributed by atoms with Gasteiger partial charge in [0.05, 0.1) is 53.8 Å². The van der Waals surface area contributed by atoms with Crippen molar-refractivity contribution in [2.75, 3.05) is 56.0 Å². The number of hydrogen-bond acceptors (Lipinski definition) is 8. The highest BCUT2D eigenvalue weighted by molar-refractivity contribution is 7.90. The van der Waals surface area contributed by atoms with Crippen LogP contribution in [0, 0.1) is 24.2 Å². The number of terminal acetylenes is 1. The first-order valence-electron chi connectivity index (χ1n) is 13.3. The summed E-state index contributed by atoms with van der Waals surface area (Å²) in [5, 5.41) is 8.44. The topological polar surface area (TPSA) is 117 Å². The number of carbonyl (C=O) groups excluding carboxylic acids is 1. The van der Waals surface area contributed by atoms with Gasteiger partial charge in [-0.25, -0.2) is 17.8 Å². The summed E-state index contributed by atoms with van der Waals surface area (Å²) >= 11 is 0. The van der Waals surface area contributed by atoms with E-state index in [0.29, 0.717) is 18.7 Å². The highest BCUT2D eigenvalue weighted by atomic mass is 32.2. The van der Waals surface area contributed by atoms with Crippen LogP contribution in [0.4, 0.5) is 34.6 Å². The van der Waals surface area contributed by atoms with Crippen LogP contribution in [0.15, 0.2) is 35.4 Å². The first-order valence-corrected chi connectivity index (χ1v) is 15.2. The number of amides is 1. The van der Waals surface area contributed by atoms with E-state index in [1.807, 2.05) is 10.8 Å². The normalized spacial score (nSPS) is 17.3. The molecule has 0 unspecified atom stereocenters. The zero-order valence-corrected chi connectivity index (χ0v) is 24.9. The fourth-order valence-electron chi connectivity index (χ4n) is 4.73. The molecule has 1 aliphatic heterocycles. The van der Waals surface area contributed by atoms with E-state index in [0.717, 1.165) is 10.7 Å². The molecule has 4 rings (SSSR count). The molecule has 1 amide bonds. The van der Waals surface area contributed by atoms with Crippen molar-refractivity contribution in [3.8, 4) is 29.9 Å². The maximum atomic E-state index is 14.9. The fourth-order valence-corrected chi connectivity index (χ4v) is 5.36. The van der Waals surface area contributed by atoms with Crippen molar-refractivity contribution in [2.24, 2.45) is 0 Å². The maximum absolute atomic E-state index is 14.9. The van der Waals surface area contributed by atoms with Gasteiger partial charge < -0.3 is 25.6 Å². The number of nitrogens with zero attached hydrogens (tertiary/aromatic N) is 3. The number of pyridine rings is 1. The second-order valence-electron chi connectivity index (χ2n) is 10.2. The fraction of sp³-hybridized carbons (Fsp3) is 0.379. The molecular weight excluding hydrogens is 604 g/mol. The molecule has 1 aromatic carbocycles. The summed E-state index contributed by atoms with van der Waals surface area (Å²) in [6.45, 7) is 0.712. The number of methoxy groups -OCH3 is 1. The van der Waals surface area contributed by atoms with Crippen LogP contribution in [-0.4, -0.2) is 87.0 Å². The van der Waals surface area contributed by atoms with Crippen LogP contribution in [0.2, 0.25) is 0 Å². The minimum atomic E-state index is -4.64. The Bertz CT molecular complexity index is 1770. The van der Waals surface area contributed by atoms with Crippen LogP contribution >= 0.6 is 0 Å². The van der Waals surface area contributed by atoms with E-state index in [2.05, 4.69) is 32.8 Å². The average molecular weight is 635 g/mol. The van der Waals surface area contributed by atoms with Crippen LogP contribution in [0.25, 0.3) is 5.65 Å². The van der Waals surface area contributed by atoms with Gasteiger partial charge in [0.15, 0.2) is 15.5 Å². The molecule has 234 valence electrons. The number of halogens is 4. The Hall–Kier alpha value is -4.47. The Morgan fingerprint density at radius 3 is 2.64 bits per heavy atom. The van der Waals surface area contributed by atoms with Gasteiger partial charge in [-0.1, -0.05) is 5.92 Å². The van der Waals surface area contributed by atoms with E-state index in [1.165, 1.54) is 37.6 Å². The van der Waals surface area contributed by atoms with Gasteiger partial charge in [-0.15, -0.1) is 6.42 Å². The number of ether oxygens (including phenoxy) is 1. The van der Waals surface area contributed by atoms with Gasteiger partial charge in [-0.2, -0.15) is 13.2 Å². The van der Waals surface area contributed by atoms with E-state index in [9.17, 15) is 30.8 Å². The predicted octanol–water partition coefficient (Wildman–Crippen LogP) is 3.34. The number of piperidine rings is 1. The zero-order chi connectivity index (χ0) is 32.2. The monoisotopic (exact) mass is 634 g/mol. The quantitative estimate of drug-likeness (QED) is 0.255. The van der Waals surface area contributed by atoms with Gasteiger partial charge in [0.1, 0.15) is 17.6 Å². The minimum absolute atomic E-state index is 0.0500. The molecule has 3 N–H and O–H groups in total. The number of nitrogens with one attached hydrogen (secondary N) is 3.